The molecule has 1 atom stereocenters. The number of hydrogen-bond acceptors (Lipinski definition) is 3. The number of nitrogens with two attached hydrogens (primary N) is 1. The van der Waals surface area contributed by atoms with Gasteiger partial charge in [-0.3, -0.25) is 0 Å². The predicted octanol–water partition coefficient (Wildman–Crippen LogP) is 3.38. The van der Waals surface area contributed by atoms with Crippen molar-refractivity contribution in [2.75, 3.05) is 31.1 Å². The van der Waals surface area contributed by atoms with Gasteiger partial charge < -0.3 is 10.6 Å². The van der Waals surface area contributed by atoms with Crippen molar-refractivity contribution >= 4 is 11.8 Å². The average molecular weight is 280 g/mol. The zero-order chi connectivity index (χ0) is 14.3. The largest absolute Gasteiger partial charge is 0.323 e. The van der Waals surface area contributed by atoms with Gasteiger partial charge in [0.15, 0.2) is 0 Å². The normalized spacial score (nSPS) is 12.9. The smallest absolute Gasteiger partial charge is 0.0389 e. The van der Waals surface area contributed by atoms with Gasteiger partial charge in [0.25, 0.3) is 0 Å². The molecule has 0 aromatic heterocycles. The summed E-state index contributed by atoms with van der Waals surface area (Å²) in [5.41, 5.74) is 10.2. The van der Waals surface area contributed by atoms with Crippen LogP contribution in [-0.2, 0) is 0 Å². The number of thioether (sulfide) groups is 1. The van der Waals surface area contributed by atoms with Gasteiger partial charge in [-0.1, -0.05) is 37.6 Å². The molecule has 1 unspecified atom stereocenters. The molecule has 0 saturated heterocycles. The summed E-state index contributed by atoms with van der Waals surface area (Å²) < 4.78 is 0. The summed E-state index contributed by atoms with van der Waals surface area (Å²) in [6.45, 7) is 12.2. The summed E-state index contributed by atoms with van der Waals surface area (Å²) in [6.07, 6.45) is 0. The van der Waals surface area contributed by atoms with Gasteiger partial charge in [0, 0.05) is 24.1 Å². The van der Waals surface area contributed by atoms with Gasteiger partial charge in [-0.15, -0.1) is 0 Å². The molecule has 0 saturated carbocycles. The molecule has 1 rings (SSSR count). The van der Waals surface area contributed by atoms with Crippen molar-refractivity contribution in [2.45, 2.75) is 33.7 Å². The maximum absolute atomic E-state index is 6.29. The van der Waals surface area contributed by atoms with Gasteiger partial charge in [-0.05, 0) is 38.1 Å². The monoisotopic (exact) mass is 280 g/mol. The molecule has 1 aromatic rings. The Morgan fingerprint density at radius 1 is 1.21 bits per heavy atom. The van der Waals surface area contributed by atoms with E-state index in [4.69, 9.17) is 5.73 Å². The lowest BCUT2D eigenvalue weighted by Crippen LogP contribution is -2.26. The summed E-state index contributed by atoms with van der Waals surface area (Å²) in [5, 5.41) is 0. The molecule has 3 heteroatoms. The first-order valence-electron chi connectivity index (χ1n) is 7.21. The first-order valence-corrected chi connectivity index (χ1v) is 8.36. The highest BCUT2D eigenvalue weighted by molar-refractivity contribution is 7.99. The second kappa shape index (κ2) is 8.62. The van der Waals surface area contributed by atoms with E-state index in [2.05, 4.69) is 50.8 Å². The van der Waals surface area contributed by atoms with E-state index in [0.717, 1.165) is 25.4 Å². The number of rotatable bonds is 8. The molecule has 0 aliphatic rings. The summed E-state index contributed by atoms with van der Waals surface area (Å²) in [5.74, 6) is 2.17. The van der Waals surface area contributed by atoms with Crippen LogP contribution in [0.2, 0.25) is 0 Å². The fraction of sp³-hybridized carbons (Fsp3) is 0.625. The first kappa shape index (κ1) is 16.5. The number of benzene rings is 1. The Labute approximate surface area is 122 Å². The fourth-order valence-electron chi connectivity index (χ4n) is 2.28. The van der Waals surface area contributed by atoms with Crippen LogP contribution in [0.5, 0.6) is 0 Å². The van der Waals surface area contributed by atoms with E-state index < -0.39 is 0 Å². The molecule has 0 aliphatic heterocycles. The second-order valence-corrected chi connectivity index (χ2v) is 6.22. The van der Waals surface area contributed by atoms with Crippen LogP contribution in [0, 0.1) is 13.8 Å². The molecule has 19 heavy (non-hydrogen) atoms. The Bertz CT molecular complexity index is 375. The minimum Gasteiger partial charge on any atom is -0.323 e. The van der Waals surface area contributed by atoms with Crippen LogP contribution in [0.15, 0.2) is 18.2 Å². The van der Waals surface area contributed by atoms with E-state index in [1.165, 1.54) is 22.4 Å². The van der Waals surface area contributed by atoms with Crippen LogP contribution >= 0.6 is 11.8 Å². The van der Waals surface area contributed by atoms with E-state index in [1.54, 1.807) is 0 Å². The highest BCUT2D eigenvalue weighted by atomic mass is 32.2. The minimum atomic E-state index is 0.155. The van der Waals surface area contributed by atoms with Crippen LogP contribution in [-0.4, -0.2) is 36.0 Å². The van der Waals surface area contributed by atoms with Gasteiger partial charge in [-0.25, -0.2) is 0 Å². The first-order chi connectivity index (χ1) is 9.08. The third-order valence-electron chi connectivity index (χ3n) is 3.57. The van der Waals surface area contributed by atoms with Crippen LogP contribution < -0.4 is 5.73 Å². The van der Waals surface area contributed by atoms with Gasteiger partial charge >= 0.3 is 0 Å². The highest BCUT2D eigenvalue weighted by Crippen LogP contribution is 2.20. The standard InChI is InChI=1S/C16H28N2S/c1-5-18(6-2)9-10-19-12-16(17)15-8-7-13(3)11-14(15)4/h7-8,11,16H,5-6,9-10,12,17H2,1-4H3. The SMILES string of the molecule is CCN(CC)CCSCC(N)c1ccc(C)cc1C. The molecular weight excluding hydrogens is 252 g/mol. The quantitative estimate of drug-likeness (QED) is 0.740. The van der Waals surface area contributed by atoms with E-state index in [-0.39, 0.29) is 6.04 Å². The second-order valence-electron chi connectivity index (χ2n) is 5.07. The van der Waals surface area contributed by atoms with Gasteiger partial charge in [-0.2, -0.15) is 11.8 Å². The Morgan fingerprint density at radius 3 is 2.47 bits per heavy atom. The number of aryl methyl sites for hydroxylation is 2. The molecule has 0 heterocycles. The third-order valence-corrected chi connectivity index (χ3v) is 4.63. The van der Waals surface area contributed by atoms with Crippen molar-refractivity contribution in [3.8, 4) is 0 Å². The molecule has 108 valence electrons. The van der Waals surface area contributed by atoms with Crippen LogP contribution in [0.1, 0.15) is 36.6 Å². The van der Waals surface area contributed by atoms with E-state index in [9.17, 15) is 0 Å². The van der Waals surface area contributed by atoms with Crippen molar-refractivity contribution in [1.29, 1.82) is 0 Å². The molecule has 0 fully saturated rings. The maximum atomic E-state index is 6.29. The molecular formula is C16H28N2S. The zero-order valence-corrected chi connectivity index (χ0v) is 13.6. The molecule has 2 nitrogen and oxygen atoms in total. The summed E-state index contributed by atoms with van der Waals surface area (Å²) in [6, 6.07) is 6.71. The minimum absolute atomic E-state index is 0.155. The van der Waals surface area contributed by atoms with Crippen molar-refractivity contribution in [3.63, 3.8) is 0 Å². The molecule has 0 radical (unpaired) electrons. The molecule has 0 aliphatic carbocycles. The zero-order valence-electron chi connectivity index (χ0n) is 12.8. The van der Waals surface area contributed by atoms with Crippen LogP contribution in [0.25, 0.3) is 0 Å². The van der Waals surface area contributed by atoms with Crippen molar-refractivity contribution in [1.82, 2.24) is 4.90 Å². The molecule has 2 N–H and O–H groups in total. The molecule has 1 aromatic carbocycles. The van der Waals surface area contributed by atoms with Crippen molar-refractivity contribution < 1.29 is 0 Å². The lowest BCUT2D eigenvalue weighted by Gasteiger charge is -2.19. The summed E-state index contributed by atoms with van der Waals surface area (Å²) >= 11 is 1.96. The lowest BCUT2D eigenvalue weighted by molar-refractivity contribution is 0.324. The van der Waals surface area contributed by atoms with Crippen LogP contribution in [0.4, 0.5) is 0 Å². The fourth-order valence-corrected chi connectivity index (χ4v) is 3.26. The van der Waals surface area contributed by atoms with Crippen LogP contribution in [0.3, 0.4) is 0 Å². The summed E-state index contributed by atoms with van der Waals surface area (Å²) in [4.78, 5) is 2.45. The molecule has 0 amide bonds. The van der Waals surface area contributed by atoms with Gasteiger partial charge in [0.1, 0.15) is 0 Å². The van der Waals surface area contributed by atoms with E-state index in [1.807, 2.05) is 11.8 Å². The predicted molar refractivity (Wildman–Crippen MR) is 88.0 cm³/mol. The Hall–Kier alpha value is -0.510. The molecule has 0 spiro atoms. The van der Waals surface area contributed by atoms with Gasteiger partial charge in [0.2, 0.25) is 0 Å². The lowest BCUT2D eigenvalue weighted by atomic mass is 10.0. The maximum Gasteiger partial charge on any atom is 0.0389 e. The van der Waals surface area contributed by atoms with Crippen molar-refractivity contribution in [2.24, 2.45) is 5.73 Å². The Balaban J connectivity index is 2.37. The number of nitrogens with zero attached hydrogens (tertiary/aromatic N) is 1. The summed E-state index contributed by atoms with van der Waals surface area (Å²) in [7, 11) is 0. The number of hydrogen-bond donors (Lipinski definition) is 1. The Kier molecular flexibility index (Phi) is 7.51. The highest BCUT2D eigenvalue weighted by Gasteiger charge is 2.09. The Morgan fingerprint density at radius 2 is 1.89 bits per heavy atom. The van der Waals surface area contributed by atoms with E-state index >= 15 is 0 Å². The van der Waals surface area contributed by atoms with E-state index in [0.29, 0.717) is 0 Å². The van der Waals surface area contributed by atoms with Gasteiger partial charge in [0.05, 0.1) is 0 Å². The average Bonchev–Trinajstić information content (AvgIpc) is 2.38. The topological polar surface area (TPSA) is 29.3 Å². The molecule has 0 bridgehead atoms. The van der Waals surface area contributed by atoms with Crippen molar-refractivity contribution in [3.05, 3.63) is 34.9 Å². The third kappa shape index (κ3) is 5.55.